The molecule has 0 unspecified atom stereocenters. The van der Waals surface area contributed by atoms with Crippen LogP contribution in [0, 0.1) is 10.4 Å². The van der Waals surface area contributed by atoms with Crippen LogP contribution in [0.1, 0.15) is 0 Å². The second-order valence-electron chi connectivity index (χ2n) is 3.14. The second kappa shape index (κ2) is 3.16. The van der Waals surface area contributed by atoms with Crippen molar-refractivity contribution < 1.29 is 9.69 Å². The van der Waals surface area contributed by atoms with Gasteiger partial charge in [-0.15, -0.1) is 0 Å². The molecule has 0 spiro atoms. The predicted molar refractivity (Wildman–Crippen MR) is 55.8 cm³/mol. The molecule has 1 heterocycles. The van der Waals surface area contributed by atoms with Gasteiger partial charge in [0.05, 0.1) is 20.5 Å². The van der Waals surface area contributed by atoms with Crippen molar-refractivity contribution in [2.75, 3.05) is 18.1 Å². The number of nitrogens with one attached hydrogen (secondary N) is 1. The Balaban J connectivity index is 2.88. The number of hydrogen-bond acceptors (Lipinski definition) is 4. The summed E-state index contributed by atoms with van der Waals surface area (Å²) in [6.45, 7) is 0. The van der Waals surface area contributed by atoms with E-state index in [1.807, 2.05) is 0 Å². The van der Waals surface area contributed by atoms with Crippen LogP contribution in [0.25, 0.3) is 10.8 Å². The van der Waals surface area contributed by atoms with Gasteiger partial charge in [0.2, 0.25) is 0 Å². The lowest BCUT2D eigenvalue weighted by Crippen LogP contribution is -2.60. The Morgan fingerprint density at radius 2 is 1.73 bits per heavy atom. The summed E-state index contributed by atoms with van der Waals surface area (Å²) in [6.07, 6.45) is 2.36. The van der Waals surface area contributed by atoms with E-state index in [9.17, 15) is 10.4 Å². The molecule has 0 aliphatic rings. The number of benzene rings is 1. The summed E-state index contributed by atoms with van der Waals surface area (Å²) in [6, 6.07) is 3.44. The van der Waals surface area contributed by atoms with E-state index in [0.717, 1.165) is 5.69 Å². The Morgan fingerprint density at radius 3 is 2.33 bits per heavy atom. The summed E-state index contributed by atoms with van der Waals surface area (Å²) in [5.41, 5.74) is 6.93. The van der Waals surface area contributed by atoms with E-state index in [-0.39, 0.29) is 9.69 Å². The molecular formula is C9H10N4O2. The molecule has 6 heteroatoms. The molecular weight excluding hydrogens is 196 g/mol. The zero-order valence-corrected chi connectivity index (χ0v) is 8.10. The Labute approximate surface area is 85.7 Å². The predicted octanol–water partition coefficient (Wildman–Crippen LogP) is -0.270. The standard InChI is InChI=1S/C9H10N4O2/c1-11-9-3-2-8(10)6-4-12(14)13(15)5-7(6)9/h2-5,11H,10H2,1H3. The van der Waals surface area contributed by atoms with Crippen molar-refractivity contribution in [3.63, 3.8) is 0 Å². The van der Waals surface area contributed by atoms with Crippen LogP contribution in [-0.2, 0) is 0 Å². The Kier molecular flexibility index (Phi) is 1.96. The van der Waals surface area contributed by atoms with Crippen LogP contribution < -0.4 is 20.7 Å². The van der Waals surface area contributed by atoms with E-state index < -0.39 is 0 Å². The molecule has 15 heavy (non-hydrogen) atoms. The zero-order chi connectivity index (χ0) is 11.0. The monoisotopic (exact) mass is 206 g/mol. The minimum absolute atomic E-state index is 0.193. The molecule has 2 aromatic rings. The highest BCUT2D eigenvalue weighted by Crippen LogP contribution is 2.25. The first-order valence-corrected chi connectivity index (χ1v) is 4.36. The number of rotatable bonds is 1. The summed E-state index contributed by atoms with van der Waals surface area (Å²) >= 11 is 0. The van der Waals surface area contributed by atoms with Gasteiger partial charge in [-0.1, -0.05) is 0 Å². The molecule has 0 radical (unpaired) electrons. The number of nitrogens with zero attached hydrogens (tertiary/aromatic N) is 2. The molecule has 2 rings (SSSR count). The summed E-state index contributed by atoms with van der Waals surface area (Å²) in [5.74, 6) is 0. The summed E-state index contributed by atoms with van der Waals surface area (Å²) < 4.78 is 0. The van der Waals surface area contributed by atoms with Crippen LogP contribution in [0.2, 0.25) is 0 Å². The highest BCUT2D eigenvalue weighted by Gasteiger charge is 2.13. The number of fused-ring (bicyclic) bond motifs is 1. The third kappa shape index (κ3) is 1.35. The van der Waals surface area contributed by atoms with Gasteiger partial charge in [0.25, 0.3) is 12.4 Å². The minimum Gasteiger partial charge on any atom is -0.561 e. The highest BCUT2D eigenvalue weighted by molar-refractivity contribution is 5.99. The lowest BCUT2D eigenvalue weighted by atomic mass is 10.1. The van der Waals surface area contributed by atoms with Crippen LogP contribution in [0.4, 0.5) is 11.4 Å². The van der Waals surface area contributed by atoms with Crippen molar-refractivity contribution in [2.24, 2.45) is 0 Å². The highest BCUT2D eigenvalue weighted by atomic mass is 16.6. The fraction of sp³-hybridized carbons (Fsp3) is 0.111. The van der Waals surface area contributed by atoms with Gasteiger partial charge < -0.3 is 21.5 Å². The maximum atomic E-state index is 11.1. The number of anilines is 2. The average molecular weight is 206 g/mol. The Bertz CT molecular complexity index is 527. The van der Waals surface area contributed by atoms with E-state index in [4.69, 9.17) is 5.73 Å². The van der Waals surface area contributed by atoms with Crippen LogP contribution >= 0.6 is 0 Å². The molecule has 0 saturated heterocycles. The van der Waals surface area contributed by atoms with Crippen molar-refractivity contribution in [3.8, 4) is 0 Å². The second-order valence-corrected chi connectivity index (χ2v) is 3.14. The van der Waals surface area contributed by atoms with Gasteiger partial charge >= 0.3 is 0 Å². The summed E-state index contributed by atoms with van der Waals surface area (Å²) in [5, 5.41) is 26.3. The number of nitrogens with two attached hydrogens (primary N) is 1. The first-order valence-electron chi connectivity index (χ1n) is 4.36. The van der Waals surface area contributed by atoms with E-state index in [0.29, 0.717) is 16.5 Å². The van der Waals surface area contributed by atoms with Crippen LogP contribution in [0.3, 0.4) is 0 Å². The molecule has 0 bridgehead atoms. The molecule has 0 aliphatic carbocycles. The lowest BCUT2D eigenvalue weighted by molar-refractivity contribution is -1.19. The summed E-state index contributed by atoms with van der Waals surface area (Å²) in [4.78, 5) is 0.404. The largest absolute Gasteiger partial charge is 0.561 e. The van der Waals surface area contributed by atoms with Gasteiger partial charge in [0, 0.05) is 18.4 Å². The van der Waals surface area contributed by atoms with Crippen LogP contribution in [-0.4, -0.2) is 7.05 Å². The van der Waals surface area contributed by atoms with Gasteiger partial charge in [-0.2, -0.15) is 0 Å². The van der Waals surface area contributed by atoms with E-state index in [2.05, 4.69) is 5.32 Å². The molecule has 0 atom stereocenters. The van der Waals surface area contributed by atoms with Crippen molar-refractivity contribution in [1.82, 2.24) is 0 Å². The fourth-order valence-electron chi connectivity index (χ4n) is 1.49. The molecule has 0 saturated carbocycles. The number of aromatic nitrogens is 2. The average Bonchev–Trinajstić information content (AvgIpc) is 2.22. The molecule has 78 valence electrons. The molecule has 1 aromatic heterocycles. The molecule has 0 fully saturated rings. The maximum absolute atomic E-state index is 11.1. The van der Waals surface area contributed by atoms with Crippen molar-refractivity contribution >= 4 is 22.1 Å². The van der Waals surface area contributed by atoms with E-state index >= 15 is 0 Å². The van der Waals surface area contributed by atoms with Gasteiger partial charge in [-0.05, 0) is 12.1 Å². The molecule has 0 aliphatic heterocycles. The summed E-state index contributed by atoms with van der Waals surface area (Å²) in [7, 11) is 1.73. The first-order chi connectivity index (χ1) is 7.13. The van der Waals surface area contributed by atoms with Crippen LogP contribution in [0.15, 0.2) is 24.5 Å². The fourth-order valence-corrected chi connectivity index (χ4v) is 1.49. The molecule has 3 N–H and O–H groups in total. The molecule has 0 amide bonds. The normalized spacial score (nSPS) is 10.5. The molecule has 1 aromatic carbocycles. The first kappa shape index (κ1) is 9.32. The van der Waals surface area contributed by atoms with Crippen molar-refractivity contribution in [2.45, 2.75) is 0 Å². The van der Waals surface area contributed by atoms with Gasteiger partial charge in [0.15, 0.2) is 0 Å². The minimum atomic E-state index is 0.193. The van der Waals surface area contributed by atoms with Gasteiger partial charge in [-0.3, -0.25) is 0 Å². The van der Waals surface area contributed by atoms with Crippen LogP contribution in [0.5, 0.6) is 0 Å². The van der Waals surface area contributed by atoms with Gasteiger partial charge in [-0.25, -0.2) is 0 Å². The number of hydrogen-bond donors (Lipinski definition) is 2. The smallest absolute Gasteiger partial charge is 0.263 e. The lowest BCUT2D eigenvalue weighted by Gasteiger charge is -2.06. The maximum Gasteiger partial charge on any atom is 0.263 e. The zero-order valence-electron chi connectivity index (χ0n) is 8.10. The number of nitrogen functional groups attached to an aromatic ring is 1. The van der Waals surface area contributed by atoms with Gasteiger partial charge in [0.1, 0.15) is 0 Å². The van der Waals surface area contributed by atoms with E-state index in [1.54, 1.807) is 19.2 Å². The SMILES string of the molecule is CNc1ccc(N)c2c[n+]([O-])[n+]([O-])cc12. The third-order valence-electron chi connectivity index (χ3n) is 2.26. The molecule has 6 nitrogen and oxygen atoms in total. The third-order valence-corrected chi connectivity index (χ3v) is 2.26. The Morgan fingerprint density at radius 1 is 1.13 bits per heavy atom. The Hall–Kier alpha value is -2.24. The van der Waals surface area contributed by atoms with Crippen molar-refractivity contribution in [1.29, 1.82) is 0 Å². The van der Waals surface area contributed by atoms with Crippen molar-refractivity contribution in [3.05, 3.63) is 34.9 Å². The topological polar surface area (TPSA) is 91.9 Å². The van der Waals surface area contributed by atoms with E-state index in [1.165, 1.54) is 12.4 Å². The quantitative estimate of drug-likeness (QED) is 0.381.